The zero-order chi connectivity index (χ0) is 9.40. The van der Waals surface area contributed by atoms with Crippen LogP contribution in [0.4, 0.5) is 0 Å². The maximum absolute atomic E-state index is 10.2. The Labute approximate surface area is 73.7 Å². The van der Waals surface area contributed by atoms with Gasteiger partial charge in [0.15, 0.2) is 0 Å². The molecule has 0 aliphatic rings. The van der Waals surface area contributed by atoms with Crippen LogP contribution in [-0.2, 0) is 9.53 Å². The summed E-state index contributed by atoms with van der Waals surface area (Å²) in [4.78, 5) is 10.2. The van der Waals surface area contributed by atoms with Crippen molar-refractivity contribution >= 4 is 5.97 Å². The van der Waals surface area contributed by atoms with E-state index in [1.54, 1.807) is 0 Å². The summed E-state index contributed by atoms with van der Waals surface area (Å²) < 4.78 is 5.27. The molecule has 0 saturated heterocycles. The second-order valence-electron chi connectivity index (χ2n) is 3.13. The van der Waals surface area contributed by atoms with Gasteiger partial charge in [0.25, 0.3) is 0 Å². The van der Waals surface area contributed by atoms with Crippen LogP contribution in [0, 0.1) is 5.92 Å². The molecule has 0 saturated carbocycles. The van der Waals surface area contributed by atoms with Gasteiger partial charge in [0.1, 0.15) is 0 Å². The lowest BCUT2D eigenvalue weighted by atomic mass is 10.1. The van der Waals surface area contributed by atoms with Gasteiger partial charge in [-0.2, -0.15) is 0 Å². The van der Waals surface area contributed by atoms with Gasteiger partial charge in [-0.3, -0.25) is 4.79 Å². The first-order valence-electron chi connectivity index (χ1n) is 4.46. The largest absolute Gasteiger partial charge is 0.481 e. The lowest BCUT2D eigenvalue weighted by Crippen LogP contribution is -2.11. The summed E-state index contributed by atoms with van der Waals surface area (Å²) in [5.74, 6) is -0.624. The monoisotopic (exact) mass is 174 g/mol. The van der Waals surface area contributed by atoms with Crippen LogP contribution < -0.4 is 0 Å². The van der Waals surface area contributed by atoms with Crippen LogP contribution in [0.1, 0.15) is 33.1 Å². The summed E-state index contributed by atoms with van der Waals surface area (Å²) in [6.45, 7) is 5.30. The van der Waals surface area contributed by atoms with Crippen LogP contribution in [-0.4, -0.2) is 24.3 Å². The fraction of sp³-hybridized carbons (Fsp3) is 0.889. The molecule has 0 radical (unpaired) electrons. The molecule has 1 atom stereocenters. The van der Waals surface area contributed by atoms with Gasteiger partial charge in [-0.05, 0) is 12.3 Å². The molecule has 12 heavy (non-hydrogen) atoms. The minimum Gasteiger partial charge on any atom is -0.481 e. The molecule has 0 aromatic carbocycles. The van der Waals surface area contributed by atoms with E-state index in [2.05, 4.69) is 6.92 Å². The molecule has 3 nitrogen and oxygen atoms in total. The van der Waals surface area contributed by atoms with Crippen molar-refractivity contribution in [2.45, 2.75) is 33.1 Å². The Morgan fingerprint density at radius 1 is 1.58 bits per heavy atom. The summed E-state index contributed by atoms with van der Waals surface area (Å²) in [5.41, 5.74) is 0. The topological polar surface area (TPSA) is 46.5 Å². The molecule has 1 N–H and O–H groups in total. The van der Waals surface area contributed by atoms with E-state index in [9.17, 15) is 4.79 Å². The first kappa shape index (κ1) is 11.4. The molecular formula is C9H18O3. The molecule has 0 aromatic heterocycles. The van der Waals surface area contributed by atoms with Crippen LogP contribution in [0.15, 0.2) is 0 Å². The number of unbranched alkanes of at least 4 members (excludes halogenated alkanes) is 1. The number of hydrogen-bond acceptors (Lipinski definition) is 2. The summed E-state index contributed by atoms with van der Waals surface area (Å²) >= 11 is 0. The molecule has 1 unspecified atom stereocenters. The standard InChI is InChI=1S/C9H18O3/c1-3-4-5-12-7-8(2)6-9(10)11/h8H,3-7H2,1-2H3,(H,10,11). The summed E-state index contributed by atoms with van der Waals surface area (Å²) in [5, 5.41) is 8.43. The number of ether oxygens (including phenoxy) is 1. The van der Waals surface area contributed by atoms with Crippen molar-refractivity contribution in [3.05, 3.63) is 0 Å². The highest BCUT2D eigenvalue weighted by Crippen LogP contribution is 2.02. The SMILES string of the molecule is CCCCOCC(C)CC(=O)O. The van der Waals surface area contributed by atoms with Crippen molar-refractivity contribution in [3.8, 4) is 0 Å². The Morgan fingerprint density at radius 2 is 2.25 bits per heavy atom. The molecule has 0 fully saturated rings. The highest BCUT2D eigenvalue weighted by molar-refractivity contribution is 5.66. The third-order valence-corrected chi connectivity index (χ3v) is 1.57. The zero-order valence-electron chi connectivity index (χ0n) is 7.88. The molecule has 0 aromatic rings. The van der Waals surface area contributed by atoms with Crippen LogP contribution >= 0.6 is 0 Å². The number of hydrogen-bond donors (Lipinski definition) is 1. The molecule has 3 heteroatoms. The van der Waals surface area contributed by atoms with Gasteiger partial charge in [0, 0.05) is 13.2 Å². The van der Waals surface area contributed by atoms with Gasteiger partial charge < -0.3 is 9.84 Å². The van der Waals surface area contributed by atoms with Crippen molar-refractivity contribution < 1.29 is 14.6 Å². The van der Waals surface area contributed by atoms with E-state index < -0.39 is 5.97 Å². The van der Waals surface area contributed by atoms with E-state index in [0.29, 0.717) is 6.61 Å². The van der Waals surface area contributed by atoms with Gasteiger partial charge in [-0.25, -0.2) is 0 Å². The van der Waals surface area contributed by atoms with Crippen LogP contribution in [0.3, 0.4) is 0 Å². The maximum atomic E-state index is 10.2. The molecular weight excluding hydrogens is 156 g/mol. The van der Waals surface area contributed by atoms with Gasteiger partial charge >= 0.3 is 5.97 Å². The summed E-state index contributed by atoms with van der Waals surface area (Å²) in [7, 11) is 0. The Hall–Kier alpha value is -0.570. The molecule has 0 spiro atoms. The van der Waals surface area contributed by atoms with E-state index in [0.717, 1.165) is 19.4 Å². The predicted octanol–water partition coefficient (Wildman–Crippen LogP) is 1.91. The molecule has 0 rings (SSSR count). The minimum absolute atomic E-state index is 0.124. The minimum atomic E-state index is -0.749. The third kappa shape index (κ3) is 7.54. The smallest absolute Gasteiger partial charge is 0.303 e. The lowest BCUT2D eigenvalue weighted by molar-refractivity contribution is -0.138. The normalized spacial score (nSPS) is 12.8. The molecule has 72 valence electrons. The fourth-order valence-corrected chi connectivity index (χ4v) is 0.888. The van der Waals surface area contributed by atoms with Gasteiger partial charge in [0.2, 0.25) is 0 Å². The van der Waals surface area contributed by atoms with Crippen molar-refractivity contribution in [1.29, 1.82) is 0 Å². The van der Waals surface area contributed by atoms with Crippen molar-refractivity contribution in [2.24, 2.45) is 5.92 Å². The second kappa shape index (κ2) is 7.10. The average molecular weight is 174 g/mol. The summed E-state index contributed by atoms with van der Waals surface area (Å²) in [6, 6.07) is 0. The fourth-order valence-electron chi connectivity index (χ4n) is 0.888. The quantitative estimate of drug-likeness (QED) is 0.600. The van der Waals surface area contributed by atoms with Gasteiger partial charge in [-0.15, -0.1) is 0 Å². The predicted molar refractivity (Wildman–Crippen MR) is 47.1 cm³/mol. The van der Waals surface area contributed by atoms with E-state index in [-0.39, 0.29) is 12.3 Å². The number of aliphatic carboxylic acids is 1. The number of carbonyl (C=O) groups is 1. The third-order valence-electron chi connectivity index (χ3n) is 1.57. The average Bonchev–Trinajstić information content (AvgIpc) is 1.97. The Bertz CT molecular complexity index is 123. The van der Waals surface area contributed by atoms with Crippen molar-refractivity contribution in [2.75, 3.05) is 13.2 Å². The Morgan fingerprint density at radius 3 is 2.75 bits per heavy atom. The number of carboxylic acids is 1. The number of carboxylic acid groups (broad SMARTS) is 1. The molecule has 0 amide bonds. The lowest BCUT2D eigenvalue weighted by Gasteiger charge is -2.08. The van der Waals surface area contributed by atoms with E-state index in [1.807, 2.05) is 6.92 Å². The van der Waals surface area contributed by atoms with Crippen LogP contribution in [0.2, 0.25) is 0 Å². The Balaban J connectivity index is 3.19. The maximum Gasteiger partial charge on any atom is 0.303 e. The first-order chi connectivity index (χ1) is 5.66. The highest BCUT2D eigenvalue weighted by atomic mass is 16.5. The molecule has 0 aliphatic carbocycles. The van der Waals surface area contributed by atoms with Gasteiger partial charge in [0.05, 0.1) is 6.42 Å². The molecule has 0 heterocycles. The van der Waals surface area contributed by atoms with Crippen molar-refractivity contribution in [1.82, 2.24) is 0 Å². The van der Waals surface area contributed by atoms with Crippen LogP contribution in [0.5, 0.6) is 0 Å². The zero-order valence-corrected chi connectivity index (χ0v) is 7.88. The second-order valence-corrected chi connectivity index (χ2v) is 3.13. The molecule has 0 bridgehead atoms. The molecule has 0 aliphatic heterocycles. The van der Waals surface area contributed by atoms with Crippen molar-refractivity contribution in [3.63, 3.8) is 0 Å². The van der Waals surface area contributed by atoms with E-state index in [1.165, 1.54) is 0 Å². The number of rotatable bonds is 7. The van der Waals surface area contributed by atoms with Gasteiger partial charge in [-0.1, -0.05) is 20.3 Å². The van der Waals surface area contributed by atoms with E-state index in [4.69, 9.17) is 9.84 Å². The van der Waals surface area contributed by atoms with Crippen LogP contribution in [0.25, 0.3) is 0 Å². The highest BCUT2D eigenvalue weighted by Gasteiger charge is 2.06. The first-order valence-corrected chi connectivity index (χ1v) is 4.46. The summed E-state index contributed by atoms with van der Waals surface area (Å²) in [6.07, 6.45) is 2.37. The Kier molecular flexibility index (Phi) is 6.76. The van der Waals surface area contributed by atoms with E-state index >= 15 is 0 Å².